The van der Waals surface area contributed by atoms with Gasteiger partial charge in [0.25, 0.3) is 0 Å². The molecule has 2 rings (SSSR count). The van der Waals surface area contributed by atoms with E-state index < -0.39 is 0 Å². The molecule has 0 unspecified atom stereocenters. The highest BCUT2D eigenvalue weighted by Crippen LogP contribution is 2.17. The molecule has 2 nitrogen and oxygen atoms in total. The zero-order valence-electron chi connectivity index (χ0n) is 6.15. The topological polar surface area (TPSA) is 30.2 Å². The van der Waals surface area contributed by atoms with E-state index in [1.54, 1.807) is 12.1 Å². The fourth-order valence-corrected chi connectivity index (χ4v) is 1.37. The van der Waals surface area contributed by atoms with E-state index in [0.717, 1.165) is 5.39 Å². The number of thiol groups is 1. The zero-order chi connectivity index (χ0) is 8.55. The molecule has 0 spiro atoms. The summed E-state index contributed by atoms with van der Waals surface area (Å²) in [5.74, 6) is 0. The average molecular weight is 178 g/mol. The Balaban J connectivity index is 3.05. The van der Waals surface area contributed by atoms with Crippen molar-refractivity contribution < 1.29 is 4.42 Å². The fourth-order valence-electron chi connectivity index (χ4n) is 1.12. The van der Waals surface area contributed by atoms with Crippen molar-refractivity contribution in [3.8, 4) is 0 Å². The van der Waals surface area contributed by atoms with Crippen LogP contribution < -0.4 is 5.63 Å². The maximum atomic E-state index is 11.1. The summed E-state index contributed by atoms with van der Waals surface area (Å²) in [6.07, 6.45) is 1.35. The molecule has 0 saturated carbocycles. The summed E-state index contributed by atoms with van der Waals surface area (Å²) in [6.45, 7) is 0. The van der Waals surface area contributed by atoms with Gasteiger partial charge in [0.2, 0.25) is 0 Å². The van der Waals surface area contributed by atoms with Crippen LogP contribution in [0.25, 0.3) is 10.8 Å². The van der Waals surface area contributed by atoms with Crippen molar-refractivity contribution in [3.63, 3.8) is 0 Å². The molecular weight excluding hydrogens is 172 g/mol. The highest BCUT2D eigenvalue weighted by molar-refractivity contribution is 7.80. The molecule has 0 fully saturated rings. The van der Waals surface area contributed by atoms with Gasteiger partial charge in [0.1, 0.15) is 6.26 Å². The van der Waals surface area contributed by atoms with Crippen molar-refractivity contribution in [1.82, 2.24) is 0 Å². The summed E-state index contributed by atoms with van der Waals surface area (Å²) in [5.41, 5.74) is -0.316. The van der Waals surface area contributed by atoms with E-state index in [4.69, 9.17) is 4.42 Å². The minimum atomic E-state index is -0.316. The molecule has 1 heterocycles. The standard InChI is InChI=1S/C9H6O2S/c10-9-7-4-2-1-3-6(7)8(12)5-11-9/h1-5,12H. The molecule has 0 aliphatic carbocycles. The third-order valence-electron chi connectivity index (χ3n) is 1.70. The fraction of sp³-hybridized carbons (Fsp3) is 0. The van der Waals surface area contributed by atoms with Crippen LogP contribution in [0.2, 0.25) is 0 Å². The Labute approximate surface area is 74.2 Å². The minimum Gasteiger partial charge on any atom is -0.430 e. The second kappa shape index (κ2) is 2.68. The van der Waals surface area contributed by atoms with Crippen LogP contribution in [0, 0.1) is 0 Å². The normalized spacial score (nSPS) is 10.4. The largest absolute Gasteiger partial charge is 0.430 e. The van der Waals surface area contributed by atoms with Crippen LogP contribution in [0.15, 0.2) is 44.6 Å². The van der Waals surface area contributed by atoms with Crippen LogP contribution in [-0.4, -0.2) is 0 Å². The monoisotopic (exact) mass is 178 g/mol. The summed E-state index contributed by atoms with van der Waals surface area (Å²) in [5, 5.41) is 1.40. The van der Waals surface area contributed by atoms with E-state index in [-0.39, 0.29) is 5.63 Å². The highest BCUT2D eigenvalue weighted by atomic mass is 32.1. The van der Waals surface area contributed by atoms with Gasteiger partial charge in [0, 0.05) is 10.3 Å². The van der Waals surface area contributed by atoms with Crippen LogP contribution in [0.3, 0.4) is 0 Å². The predicted molar refractivity (Wildman–Crippen MR) is 49.7 cm³/mol. The highest BCUT2D eigenvalue weighted by Gasteiger charge is 2.00. The van der Waals surface area contributed by atoms with E-state index in [2.05, 4.69) is 12.6 Å². The summed E-state index contributed by atoms with van der Waals surface area (Å²) in [4.78, 5) is 11.8. The molecular formula is C9H6O2S. The van der Waals surface area contributed by atoms with E-state index in [0.29, 0.717) is 10.3 Å². The summed E-state index contributed by atoms with van der Waals surface area (Å²) >= 11 is 4.17. The summed E-state index contributed by atoms with van der Waals surface area (Å²) < 4.78 is 4.74. The maximum absolute atomic E-state index is 11.1. The van der Waals surface area contributed by atoms with Crippen LogP contribution in [0.1, 0.15) is 0 Å². The van der Waals surface area contributed by atoms with Gasteiger partial charge in [-0.15, -0.1) is 12.6 Å². The molecule has 1 aromatic carbocycles. The van der Waals surface area contributed by atoms with Crippen LogP contribution >= 0.6 is 12.6 Å². The van der Waals surface area contributed by atoms with Gasteiger partial charge in [-0.25, -0.2) is 4.79 Å². The molecule has 0 aliphatic heterocycles. The Hall–Kier alpha value is -1.22. The first-order chi connectivity index (χ1) is 5.79. The quantitative estimate of drug-likeness (QED) is 0.626. The van der Waals surface area contributed by atoms with Gasteiger partial charge in [0.05, 0.1) is 5.39 Å². The maximum Gasteiger partial charge on any atom is 0.343 e. The third-order valence-corrected chi connectivity index (χ3v) is 2.05. The van der Waals surface area contributed by atoms with E-state index in [1.165, 1.54) is 6.26 Å². The van der Waals surface area contributed by atoms with Crippen molar-refractivity contribution in [2.45, 2.75) is 4.90 Å². The molecule has 1 aromatic heterocycles. The molecule has 12 heavy (non-hydrogen) atoms. The lowest BCUT2D eigenvalue weighted by Gasteiger charge is -1.96. The Bertz CT molecular complexity index is 473. The number of fused-ring (bicyclic) bond motifs is 1. The first-order valence-electron chi connectivity index (χ1n) is 3.48. The lowest BCUT2D eigenvalue weighted by atomic mass is 10.2. The predicted octanol–water partition coefficient (Wildman–Crippen LogP) is 2.08. The van der Waals surface area contributed by atoms with Gasteiger partial charge in [-0.3, -0.25) is 0 Å². The molecule has 2 aromatic rings. The Morgan fingerprint density at radius 1 is 1.17 bits per heavy atom. The number of hydrogen-bond acceptors (Lipinski definition) is 3. The SMILES string of the molecule is O=c1occ(S)c2ccccc12. The second-order valence-corrected chi connectivity index (χ2v) is 2.94. The number of hydrogen-bond donors (Lipinski definition) is 1. The van der Waals surface area contributed by atoms with Gasteiger partial charge in [-0.05, 0) is 6.07 Å². The summed E-state index contributed by atoms with van der Waals surface area (Å²) in [7, 11) is 0. The van der Waals surface area contributed by atoms with E-state index in [1.807, 2.05) is 12.1 Å². The van der Waals surface area contributed by atoms with Crippen molar-refractivity contribution >= 4 is 23.4 Å². The molecule has 0 amide bonds. The second-order valence-electron chi connectivity index (χ2n) is 2.45. The molecule has 3 heteroatoms. The Morgan fingerprint density at radius 3 is 2.50 bits per heavy atom. The smallest absolute Gasteiger partial charge is 0.343 e. The van der Waals surface area contributed by atoms with Crippen molar-refractivity contribution in [3.05, 3.63) is 40.9 Å². The molecule has 0 bridgehead atoms. The first-order valence-corrected chi connectivity index (χ1v) is 3.93. The number of rotatable bonds is 0. The zero-order valence-corrected chi connectivity index (χ0v) is 7.04. The van der Waals surface area contributed by atoms with E-state index in [9.17, 15) is 4.79 Å². The van der Waals surface area contributed by atoms with Gasteiger partial charge in [-0.1, -0.05) is 18.2 Å². The van der Waals surface area contributed by atoms with Crippen LogP contribution in [0.4, 0.5) is 0 Å². The summed E-state index contributed by atoms with van der Waals surface area (Å²) in [6, 6.07) is 7.23. The van der Waals surface area contributed by atoms with Gasteiger partial charge in [0.15, 0.2) is 0 Å². The molecule has 0 N–H and O–H groups in total. The number of benzene rings is 1. The van der Waals surface area contributed by atoms with Gasteiger partial charge >= 0.3 is 5.63 Å². The molecule has 60 valence electrons. The van der Waals surface area contributed by atoms with E-state index >= 15 is 0 Å². The molecule has 0 aliphatic rings. The van der Waals surface area contributed by atoms with Crippen LogP contribution in [-0.2, 0) is 0 Å². The molecule has 0 saturated heterocycles. The van der Waals surface area contributed by atoms with Gasteiger partial charge in [-0.2, -0.15) is 0 Å². The lowest BCUT2D eigenvalue weighted by Crippen LogP contribution is -1.97. The van der Waals surface area contributed by atoms with Crippen molar-refractivity contribution in [1.29, 1.82) is 0 Å². The van der Waals surface area contributed by atoms with Crippen LogP contribution in [0.5, 0.6) is 0 Å². The van der Waals surface area contributed by atoms with Gasteiger partial charge < -0.3 is 4.42 Å². The van der Waals surface area contributed by atoms with Crippen molar-refractivity contribution in [2.24, 2.45) is 0 Å². The average Bonchev–Trinajstić information content (AvgIpc) is 2.12. The Kier molecular flexibility index (Phi) is 1.66. The third kappa shape index (κ3) is 1.02. The lowest BCUT2D eigenvalue weighted by molar-refractivity contribution is 0.509. The molecule has 0 radical (unpaired) electrons. The van der Waals surface area contributed by atoms with Crippen molar-refractivity contribution in [2.75, 3.05) is 0 Å². The first kappa shape index (κ1) is 7.43. The molecule has 0 atom stereocenters. The minimum absolute atomic E-state index is 0.316. The Morgan fingerprint density at radius 2 is 1.83 bits per heavy atom.